The molecule has 0 aliphatic rings. The van der Waals surface area contributed by atoms with Crippen LogP contribution in [0.1, 0.15) is 34.4 Å². The van der Waals surface area contributed by atoms with E-state index in [0.717, 1.165) is 28.3 Å². The number of anilines is 1. The number of nitrogens with one attached hydrogen (secondary N) is 1. The first-order valence-corrected chi connectivity index (χ1v) is 8.96. The van der Waals surface area contributed by atoms with Crippen molar-refractivity contribution in [3.05, 3.63) is 76.5 Å². The molecule has 134 valence electrons. The number of hydrogen-bond donors (Lipinski definition) is 1. The minimum Gasteiger partial charge on any atom is -0.461 e. The van der Waals surface area contributed by atoms with Gasteiger partial charge in [0.15, 0.2) is 0 Å². The first-order valence-electron chi connectivity index (χ1n) is 8.96. The van der Waals surface area contributed by atoms with Gasteiger partial charge in [0.05, 0.1) is 0 Å². The fourth-order valence-electron chi connectivity index (χ4n) is 2.97. The first-order chi connectivity index (χ1) is 12.4. The molecule has 0 unspecified atom stereocenters. The van der Waals surface area contributed by atoms with Crippen molar-refractivity contribution in [2.24, 2.45) is 0 Å². The fraction of sp³-hybridized carbons (Fsp3) is 0.261. The Morgan fingerprint density at radius 1 is 0.885 bits per heavy atom. The van der Waals surface area contributed by atoms with Crippen LogP contribution in [-0.2, 0) is 11.2 Å². The molecule has 0 atom stereocenters. The van der Waals surface area contributed by atoms with Crippen LogP contribution in [0.2, 0.25) is 0 Å². The highest BCUT2D eigenvalue weighted by Gasteiger charge is 2.09. The highest BCUT2D eigenvalue weighted by Crippen LogP contribution is 2.25. The van der Waals surface area contributed by atoms with Crippen LogP contribution < -0.4 is 5.32 Å². The van der Waals surface area contributed by atoms with E-state index >= 15 is 0 Å². The normalized spacial score (nSPS) is 10.8. The van der Waals surface area contributed by atoms with Gasteiger partial charge in [-0.2, -0.15) is 0 Å². The number of amides is 1. The molecule has 0 fully saturated rings. The summed E-state index contributed by atoms with van der Waals surface area (Å²) in [5.41, 5.74) is 6.72. The van der Waals surface area contributed by atoms with Crippen molar-refractivity contribution in [1.82, 2.24) is 0 Å². The van der Waals surface area contributed by atoms with Gasteiger partial charge in [-0.1, -0.05) is 29.8 Å². The van der Waals surface area contributed by atoms with E-state index in [1.807, 2.05) is 38.1 Å². The van der Waals surface area contributed by atoms with Gasteiger partial charge in [-0.25, -0.2) is 0 Å². The summed E-state index contributed by atoms with van der Waals surface area (Å²) in [6.07, 6.45) is 0.981. The molecule has 26 heavy (non-hydrogen) atoms. The lowest BCUT2D eigenvalue weighted by Gasteiger charge is -2.08. The Bertz CT molecular complexity index is 937. The standard InChI is InChI=1S/C23H25NO2/c1-15-5-10-21(18(4)13-15)24-23(25)12-9-20-8-11-22(26-20)19-7-6-16(2)17(3)14-19/h5-8,10-11,13-14H,9,12H2,1-4H3,(H,24,25). The molecular weight excluding hydrogens is 322 g/mol. The third-order valence-electron chi connectivity index (χ3n) is 4.71. The maximum Gasteiger partial charge on any atom is 0.224 e. The van der Waals surface area contributed by atoms with Crippen molar-refractivity contribution in [3.63, 3.8) is 0 Å². The molecule has 1 heterocycles. The Morgan fingerprint density at radius 3 is 2.42 bits per heavy atom. The molecule has 2 aromatic carbocycles. The minimum atomic E-state index is 0.00100. The predicted molar refractivity (Wildman–Crippen MR) is 106 cm³/mol. The van der Waals surface area contributed by atoms with E-state index in [0.29, 0.717) is 12.8 Å². The number of rotatable bonds is 5. The van der Waals surface area contributed by atoms with Crippen LogP contribution in [0.4, 0.5) is 5.69 Å². The maximum absolute atomic E-state index is 12.2. The lowest BCUT2D eigenvalue weighted by Crippen LogP contribution is -2.13. The van der Waals surface area contributed by atoms with Crippen molar-refractivity contribution >= 4 is 11.6 Å². The van der Waals surface area contributed by atoms with Crippen molar-refractivity contribution < 1.29 is 9.21 Å². The van der Waals surface area contributed by atoms with E-state index in [-0.39, 0.29) is 5.91 Å². The van der Waals surface area contributed by atoms with E-state index < -0.39 is 0 Å². The van der Waals surface area contributed by atoms with Crippen LogP contribution in [0.5, 0.6) is 0 Å². The highest BCUT2D eigenvalue weighted by molar-refractivity contribution is 5.91. The molecule has 0 saturated heterocycles. The topological polar surface area (TPSA) is 42.2 Å². The maximum atomic E-state index is 12.2. The molecule has 1 aromatic heterocycles. The number of hydrogen-bond acceptors (Lipinski definition) is 2. The molecule has 1 amide bonds. The van der Waals surface area contributed by atoms with Gasteiger partial charge in [-0.05, 0) is 68.7 Å². The van der Waals surface area contributed by atoms with Gasteiger partial charge >= 0.3 is 0 Å². The number of carbonyl (C=O) groups excluding carboxylic acids is 1. The van der Waals surface area contributed by atoms with Gasteiger partial charge in [0.1, 0.15) is 11.5 Å². The Morgan fingerprint density at radius 2 is 1.69 bits per heavy atom. The number of aryl methyl sites for hydroxylation is 5. The van der Waals surface area contributed by atoms with Crippen molar-refractivity contribution in [1.29, 1.82) is 0 Å². The van der Waals surface area contributed by atoms with E-state index in [2.05, 4.69) is 43.4 Å². The lowest BCUT2D eigenvalue weighted by molar-refractivity contribution is -0.116. The van der Waals surface area contributed by atoms with Gasteiger partial charge in [-0.15, -0.1) is 0 Å². The zero-order valence-electron chi connectivity index (χ0n) is 15.8. The minimum absolute atomic E-state index is 0.00100. The second-order valence-electron chi connectivity index (χ2n) is 6.93. The Balaban J connectivity index is 1.60. The first kappa shape index (κ1) is 18.0. The summed E-state index contributed by atoms with van der Waals surface area (Å²) in [6, 6.07) is 16.2. The molecule has 0 bridgehead atoms. The number of furan rings is 1. The summed E-state index contributed by atoms with van der Waals surface area (Å²) in [4.78, 5) is 12.2. The summed E-state index contributed by atoms with van der Waals surface area (Å²) >= 11 is 0. The summed E-state index contributed by atoms with van der Waals surface area (Å²) in [7, 11) is 0. The lowest BCUT2D eigenvalue weighted by atomic mass is 10.1. The summed E-state index contributed by atoms with van der Waals surface area (Å²) < 4.78 is 5.92. The monoisotopic (exact) mass is 347 g/mol. The van der Waals surface area contributed by atoms with Crippen LogP contribution in [0.25, 0.3) is 11.3 Å². The van der Waals surface area contributed by atoms with E-state index in [1.165, 1.54) is 16.7 Å². The molecule has 0 aliphatic heterocycles. The van der Waals surface area contributed by atoms with Gasteiger partial charge in [-0.3, -0.25) is 4.79 Å². The molecule has 0 saturated carbocycles. The van der Waals surface area contributed by atoms with Gasteiger partial charge < -0.3 is 9.73 Å². The fourth-order valence-corrected chi connectivity index (χ4v) is 2.97. The van der Waals surface area contributed by atoms with Crippen LogP contribution in [-0.4, -0.2) is 5.91 Å². The molecule has 0 radical (unpaired) electrons. The highest BCUT2D eigenvalue weighted by atomic mass is 16.3. The second-order valence-corrected chi connectivity index (χ2v) is 6.93. The van der Waals surface area contributed by atoms with Crippen LogP contribution in [0, 0.1) is 27.7 Å². The smallest absolute Gasteiger partial charge is 0.224 e. The molecular formula is C23H25NO2. The third-order valence-corrected chi connectivity index (χ3v) is 4.71. The van der Waals surface area contributed by atoms with Crippen molar-refractivity contribution in [2.75, 3.05) is 5.32 Å². The number of carbonyl (C=O) groups is 1. The van der Waals surface area contributed by atoms with E-state index in [1.54, 1.807) is 0 Å². The van der Waals surface area contributed by atoms with Crippen LogP contribution in [0.3, 0.4) is 0 Å². The van der Waals surface area contributed by atoms with Gasteiger partial charge in [0, 0.05) is 24.1 Å². The van der Waals surface area contributed by atoms with Crippen molar-refractivity contribution in [3.8, 4) is 11.3 Å². The summed E-state index contributed by atoms with van der Waals surface area (Å²) in [6.45, 7) is 8.24. The van der Waals surface area contributed by atoms with E-state index in [9.17, 15) is 4.79 Å². The average molecular weight is 347 g/mol. The molecule has 3 rings (SSSR count). The Kier molecular flexibility index (Phi) is 5.27. The zero-order valence-corrected chi connectivity index (χ0v) is 15.8. The molecule has 0 spiro atoms. The molecule has 3 heteroatoms. The van der Waals surface area contributed by atoms with Gasteiger partial charge in [0.25, 0.3) is 0 Å². The van der Waals surface area contributed by atoms with Crippen LogP contribution >= 0.6 is 0 Å². The largest absolute Gasteiger partial charge is 0.461 e. The molecule has 1 N–H and O–H groups in total. The SMILES string of the molecule is Cc1ccc(NC(=O)CCc2ccc(-c3ccc(C)c(C)c3)o2)c(C)c1. The molecule has 3 nitrogen and oxygen atoms in total. The Hall–Kier alpha value is -2.81. The van der Waals surface area contributed by atoms with E-state index in [4.69, 9.17) is 4.42 Å². The number of benzene rings is 2. The Labute approximate surface area is 155 Å². The molecule has 3 aromatic rings. The summed E-state index contributed by atoms with van der Waals surface area (Å²) in [5.74, 6) is 1.67. The van der Waals surface area contributed by atoms with Crippen LogP contribution in [0.15, 0.2) is 52.9 Å². The zero-order chi connectivity index (χ0) is 18.7. The predicted octanol–water partition coefficient (Wildman–Crippen LogP) is 5.75. The third kappa shape index (κ3) is 4.23. The quantitative estimate of drug-likeness (QED) is 0.638. The van der Waals surface area contributed by atoms with Gasteiger partial charge in [0.2, 0.25) is 5.91 Å². The average Bonchev–Trinajstić information content (AvgIpc) is 3.07. The summed E-state index contributed by atoms with van der Waals surface area (Å²) in [5, 5.41) is 2.98. The molecule has 0 aliphatic carbocycles. The van der Waals surface area contributed by atoms with Crippen molar-refractivity contribution in [2.45, 2.75) is 40.5 Å². The second kappa shape index (κ2) is 7.61.